The highest BCUT2D eigenvalue weighted by Crippen LogP contribution is 2.18. The number of carbonyl (C=O) groups excluding carboxylic acids is 2. The average molecular weight is 459 g/mol. The minimum absolute atomic E-state index is 0.165. The van der Waals surface area contributed by atoms with Crippen molar-refractivity contribution < 1.29 is 19.1 Å². The summed E-state index contributed by atoms with van der Waals surface area (Å²) in [6.07, 6.45) is 3.17. The third-order valence-corrected chi connectivity index (χ3v) is 4.67. The van der Waals surface area contributed by atoms with E-state index < -0.39 is 0 Å². The monoisotopic (exact) mass is 458 g/mol. The molecule has 34 heavy (non-hydrogen) atoms. The van der Waals surface area contributed by atoms with E-state index >= 15 is 0 Å². The lowest BCUT2D eigenvalue weighted by Crippen LogP contribution is -2.12. The minimum atomic E-state index is -0.165. The molecule has 0 spiro atoms. The summed E-state index contributed by atoms with van der Waals surface area (Å²) in [5, 5.41) is 7.10. The average Bonchev–Trinajstić information content (AvgIpc) is 3.36. The van der Waals surface area contributed by atoms with Gasteiger partial charge in [0.15, 0.2) is 0 Å². The molecule has 1 aromatic heterocycles. The second kappa shape index (κ2) is 12.5. The van der Waals surface area contributed by atoms with Crippen molar-refractivity contribution in [2.45, 2.75) is 20.1 Å². The van der Waals surface area contributed by atoms with Crippen molar-refractivity contribution in [3.05, 3.63) is 108 Å². The van der Waals surface area contributed by atoms with Gasteiger partial charge in [-0.2, -0.15) is 5.10 Å². The van der Waals surface area contributed by atoms with Gasteiger partial charge < -0.3 is 14.8 Å². The maximum atomic E-state index is 12.7. The Bertz CT molecular complexity index is 1180. The Hall–Kier alpha value is -4.46. The Morgan fingerprint density at radius 2 is 1.76 bits per heavy atom. The summed E-state index contributed by atoms with van der Waals surface area (Å²) in [6.45, 7) is 3.46. The Labute approximate surface area is 198 Å². The summed E-state index contributed by atoms with van der Waals surface area (Å²) >= 11 is 0. The number of hydrogen-bond donors (Lipinski definition) is 1. The maximum absolute atomic E-state index is 12.7. The van der Waals surface area contributed by atoms with Crippen molar-refractivity contribution >= 4 is 18.1 Å². The van der Waals surface area contributed by atoms with Gasteiger partial charge in [-0.05, 0) is 60.0 Å². The molecule has 8 heteroatoms. The zero-order valence-electron chi connectivity index (χ0n) is 19.0. The molecule has 8 nitrogen and oxygen atoms in total. The summed E-state index contributed by atoms with van der Waals surface area (Å²) in [5.41, 5.74) is 4.52. The number of amides is 1. The van der Waals surface area contributed by atoms with Crippen molar-refractivity contribution in [1.29, 1.82) is 0 Å². The second-order valence-corrected chi connectivity index (χ2v) is 7.39. The molecule has 0 saturated carbocycles. The molecule has 0 atom stereocenters. The Morgan fingerprint density at radius 3 is 2.41 bits per heavy atom. The first-order valence-electron chi connectivity index (χ1n) is 10.5. The third-order valence-electron chi connectivity index (χ3n) is 4.67. The fourth-order valence-corrected chi connectivity index (χ4v) is 3.17. The number of nitrogens with zero attached hydrogens (tertiary/aromatic N) is 3. The molecule has 1 N–H and O–H groups in total. The van der Waals surface area contributed by atoms with Crippen LogP contribution in [0.5, 0.6) is 5.75 Å². The maximum Gasteiger partial charge on any atom is 0.292 e. The first kappa shape index (κ1) is 24.2. The largest absolute Gasteiger partial charge is 0.489 e. The minimum Gasteiger partial charge on any atom is -0.489 e. The van der Waals surface area contributed by atoms with Gasteiger partial charge in [0.05, 0.1) is 13.7 Å². The van der Waals surface area contributed by atoms with E-state index in [2.05, 4.69) is 26.2 Å². The zero-order valence-corrected chi connectivity index (χ0v) is 19.0. The van der Waals surface area contributed by atoms with E-state index in [4.69, 9.17) is 9.53 Å². The molecule has 0 bridgehead atoms. The topological polar surface area (TPSA) is 95.3 Å². The van der Waals surface area contributed by atoms with Gasteiger partial charge in [-0.15, -0.1) is 0 Å². The number of benzene rings is 3. The number of aryl methyl sites for hydroxylation is 1. The van der Waals surface area contributed by atoms with Crippen LogP contribution in [-0.2, 0) is 22.7 Å². The van der Waals surface area contributed by atoms with Crippen molar-refractivity contribution in [3.63, 3.8) is 0 Å². The molecule has 4 rings (SSSR count). The van der Waals surface area contributed by atoms with Crippen LogP contribution in [-0.4, -0.2) is 34.3 Å². The molecule has 0 unspecified atom stereocenters. The molecule has 3 aromatic carbocycles. The highest BCUT2D eigenvalue weighted by Gasteiger charge is 2.08. The van der Waals surface area contributed by atoms with Crippen molar-refractivity contribution in [2.75, 3.05) is 12.4 Å². The number of aromatic nitrogens is 3. The molecule has 4 aromatic rings. The van der Waals surface area contributed by atoms with Crippen LogP contribution in [0.25, 0.3) is 0 Å². The third kappa shape index (κ3) is 7.59. The van der Waals surface area contributed by atoms with E-state index in [-0.39, 0.29) is 5.91 Å². The normalized spacial score (nSPS) is 9.94. The van der Waals surface area contributed by atoms with Gasteiger partial charge in [-0.25, -0.2) is 9.67 Å². The van der Waals surface area contributed by atoms with Gasteiger partial charge in [-0.1, -0.05) is 36.4 Å². The predicted molar refractivity (Wildman–Crippen MR) is 129 cm³/mol. The van der Waals surface area contributed by atoms with Crippen molar-refractivity contribution in [1.82, 2.24) is 14.8 Å². The predicted octanol–water partition coefficient (Wildman–Crippen LogP) is 4.26. The van der Waals surface area contributed by atoms with Crippen LogP contribution in [0.3, 0.4) is 0 Å². The second-order valence-electron chi connectivity index (χ2n) is 7.39. The first-order chi connectivity index (χ1) is 16.6. The van der Waals surface area contributed by atoms with Gasteiger partial charge >= 0.3 is 0 Å². The molecule has 0 aliphatic carbocycles. The molecule has 0 aliphatic rings. The molecule has 0 aliphatic heterocycles. The first-order valence-corrected chi connectivity index (χ1v) is 10.5. The Kier molecular flexibility index (Phi) is 8.92. The molecule has 174 valence electrons. The van der Waals surface area contributed by atoms with Crippen LogP contribution in [0.4, 0.5) is 5.69 Å². The SMILES string of the molecule is COC=O.Cc1cc(Cn2cncn2)cc(NC(=O)c2ccc(OCc3ccccc3)cc2)c1. The van der Waals surface area contributed by atoms with Crippen molar-refractivity contribution in [3.8, 4) is 5.75 Å². The lowest BCUT2D eigenvalue weighted by Gasteiger charge is -2.10. The molecule has 1 heterocycles. The fourth-order valence-electron chi connectivity index (χ4n) is 3.17. The van der Waals surface area contributed by atoms with Crippen LogP contribution in [0, 0.1) is 6.92 Å². The highest BCUT2D eigenvalue weighted by molar-refractivity contribution is 6.04. The summed E-state index contributed by atoms with van der Waals surface area (Å²) < 4.78 is 11.4. The highest BCUT2D eigenvalue weighted by atomic mass is 16.5. The fraction of sp³-hybridized carbons (Fsp3) is 0.154. The number of hydrogen-bond acceptors (Lipinski definition) is 6. The van der Waals surface area contributed by atoms with E-state index in [9.17, 15) is 4.79 Å². The number of methoxy groups -OCH3 is 1. The van der Waals surface area contributed by atoms with Gasteiger partial charge in [0.25, 0.3) is 12.4 Å². The zero-order chi connectivity index (χ0) is 24.2. The standard InChI is InChI=1S/C24H22N4O2.C2H4O2/c1-18-11-20(14-28-17-25-16-26-28)13-22(12-18)27-24(29)21-7-9-23(10-8-21)30-15-19-5-3-2-4-6-19;1-4-2-3/h2-13,16-17H,14-15H2,1H3,(H,27,29);2H,1H3. The number of anilines is 1. The Balaban J connectivity index is 0.000000751. The molecular formula is C26H26N4O4. The van der Waals surface area contributed by atoms with Crippen molar-refractivity contribution in [2.24, 2.45) is 0 Å². The van der Waals surface area contributed by atoms with Gasteiger partial charge in [0.2, 0.25) is 0 Å². The summed E-state index contributed by atoms with van der Waals surface area (Å²) in [7, 11) is 1.31. The lowest BCUT2D eigenvalue weighted by molar-refractivity contribution is -0.126. The summed E-state index contributed by atoms with van der Waals surface area (Å²) in [4.78, 5) is 25.6. The quantitative estimate of drug-likeness (QED) is 0.397. The van der Waals surface area contributed by atoms with E-state index in [1.54, 1.807) is 23.1 Å². The van der Waals surface area contributed by atoms with Crippen LogP contribution in [0.15, 0.2) is 85.5 Å². The van der Waals surface area contributed by atoms with Crippen LogP contribution in [0.1, 0.15) is 27.0 Å². The van der Waals surface area contributed by atoms with Crippen LogP contribution in [0.2, 0.25) is 0 Å². The molecule has 0 saturated heterocycles. The van der Waals surface area contributed by atoms with Crippen LogP contribution < -0.4 is 10.1 Å². The van der Waals surface area contributed by atoms with Gasteiger partial charge in [0, 0.05) is 11.3 Å². The molecule has 0 radical (unpaired) electrons. The molecular weight excluding hydrogens is 432 g/mol. The smallest absolute Gasteiger partial charge is 0.292 e. The molecule has 0 fully saturated rings. The van der Waals surface area contributed by atoms with Gasteiger partial charge in [-0.3, -0.25) is 9.59 Å². The van der Waals surface area contributed by atoms with E-state index in [1.807, 2.05) is 61.5 Å². The number of carbonyl (C=O) groups is 2. The number of nitrogens with one attached hydrogen (secondary N) is 1. The van der Waals surface area contributed by atoms with E-state index in [0.717, 1.165) is 28.1 Å². The lowest BCUT2D eigenvalue weighted by atomic mass is 10.1. The molecule has 1 amide bonds. The van der Waals surface area contributed by atoms with Gasteiger partial charge in [0.1, 0.15) is 25.0 Å². The summed E-state index contributed by atoms with van der Waals surface area (Å²) in [6, 6.07) is 23.1. The summed E-state index contributed by atoms with van der Waals surface area (Å²) in [5.74, 6) is 0.558. The van der Waals surface area contributed by atoms with E-state index in [0.29, 0.717) is 25.2 Å². The number of ether oxygens (including phenoxy) is 2. The Morgan fingerprint density at radius 1 is 1.03 bits per heavy atom. The number of rotatable bonds is 8. The van der Waals surface area contributed by atoms with Crippen LogP contribution >= 0.6 is 0 Å². The van der Waals surface area contributed by atoms with E-state index in [1.165, 1.54) is 13.4 Å².